The summed E-state index contributed by atoms with van der Waals surface area (Å²) in [6.07, 6.45) is 1.50. The first-order valence-electron chi connectivity index (χ1n) is 9.54. The average molecular weight is 463 g/mol. The summed E-state index contributed by atoms with van der Waals surface area (Å²) in [5, 5.41) is 9.79. The molecule has 1 N–H and O–H groups in total. The standard InChI is InChI=1S/C22H27BrN2O4/c1-24(2)15-9-7-14(8-10-15)21(25-11-5-6-18(25)22(26)27)16-12-19(28-3)20(29-4)13-17(16)23/h7-10,12-13,18,21H,5-6,11H2,1-4H3,(H,26,27). The van der Waals surface area contributed by atoms with Gasteiger partial charge in [0.05, 0.1) is 20.3 Å². The topological polar surface area (TPSA) is 62.2 Å². The SMILES string of the molecule is COc1cc(Br)c(C(c2ccc(N(C)C)cc2)N2CCCC2C(=O)O)cc1OC. The molecule has 0 spiro atoms. The molecule has 0 radical (unpaired) electrons. The van der Waals surface area contributed by atoms with E-state index in [1.54, 1.807) is 14.2 Å². The molecule has 0 saturated carbocycles. The average Bonchev–Trinajstić information content (AvgIpc) is 3.19. The summed E-state index contributed by atoms with van der Waals surface area (Å²) in [4.78, 5) is 16.0. The molecule has 1 aliphatic rings. The molecule has 1 heterocycles. The fourth-order valence-electron chi connectivity index (χ4n) is 3.95. The van der Waals surface area contributed by atoms with Crippen molar-refractivity contribution in [3.63, 3.8) is 0 Å². The highest BCUT2D eigenvalue weighted by Gasteiger charge is 2.38. The number of carboxylic acid groups (broad SMARTS) is 1. The van der Waals surface area contributed by atoms with Crippen LogP contribution in [0.15, 0.2) is 40.9 Å². The van der Waals surface area contributed by atoms with Gasteiger partial charge in [0.25, 0.3) is 0 Å². The zero-order valence-corrected chi connectivity index (χ0v) is 18.8. The number of ether oxygens (including phenoxy) is 2. The van der Waals surface area contributed by atoms with Gasteiger partial charge in [0.15, 0.2) is 11.5 Å². The first-order valence-corrected chi connectivity index (χ1v) is 10.3. The molecule has 3 rings (SSSR count). The Kier molecular flexibility index (Phi) is 6.70. The Bertz CT molecular complexity index is 870. The molecule has 0 amide bonds. The number of rotatable bonds is 7. The molecule has 156 valence electrons. The second kappa shape index (κ2) is 9.05. The molecule has 2 unspecified atom stereocenters. The lowest BCUT2D eigenvalue weighted by molar-refractivity contribution is -0.142. The van der Waals surface area contributed by atoms with Crippen LogP contribution in [0.5, 0.6) is 11.5 Å². The molecule has 0 aliphatic carbocycles. The van der Waals surface area contributed by atoms with Gasteiger partial charge >= 0.3 is 5.97 Å². The maximum Gasteiger partial charge on any atom is 0.320 e. The van der Waals surface area contributed by atoms with Crippen LogP contribution < -0.4 is 14.4 Å². The van der Waals surface area contributed by atoms with Crippen molar-refractivity contribution in [2.45, 2.75) is 24.9 Å². The molecule has 2 aromatic rings. The first kappa shape index (κ1) is 21.5. The molecule has 1 aliphatic heterocycles. The number of likely N-dealkylation sites (tertiary alicyclic amines) is 1. The van der Waals surface area contributed by atoms with Crippen LogP contribution in [0.4, 0.5) is 5.69 Å². The third kappa shape index (κ3) is 4.36. The largest absolute Gasteiger partial charge is 0.493 e. The van der Waals surface area contributed by atoms with E-state index in [9.17, 15) is 9.90 Å². The number of anilines is 1. The summed E-state index contributed by atoms with van der Waals surface area (Å²) >= 11 is 3.67. The number of aliphatic carboxylic acids is 1. The predicted molar refractivity (Wildman–Crippen MR) is 117 cm³/mol. The highest BCUT2D eigenvalue weighted by Crippen LogP contribution is 2.42. The van der Waals surface area contributed by atoms with E-state index < -0.39 is 12.0 Å². The van der Waals surface area contributed by atoms with Crippen LogP contribution in [-0.2, 0) is 4.79 Å². The lowest BCUT2D eigenvalue weighted by Crippen LogP contribution is -2.39. The van der Waals surface area contributed by atoms with Crippen molar-refractivity contribution in [2.24, 2.45) is 0 Å². The summed E-state index contributed by atoms with van der Waals surface area (Å²) in [6.45, 7) is 0.720. The fraction of sp³-hybridized carbons (Fsp3) is 0.409. The number of carboxylic acids is 1. The van der Waals surface area contributed by atoms with Crippen molar-refractivity contribution in [3.8, 4) is 11.5 Å². The molecule has 7 heteroatoms. The Morgan fingerprint density at radius 3 is 2.34 bits per heavy atom. The zero-order valence-electron chi connectivity index (χ0n) is 17.2. The highest BCUT2D eigenvalue weighted by atomic mass is 79.9. The molecular formula is C22H27BrN2O4. The normalized spacial score (nSPS) is 17.8. The Morgan fingerprint density at radius 2 is 1.79 bits per heavy atom. The van der Waals surface area contributed by atoms with E-state index in [-0.39, 0.29) is 6.04 Å². The Hall–Kier alpha value is -2.25. The molecule has 1 fully saturated rings. The van der Waals surface area contributed by atoms with E-state index in [1.165, 1.54) is 0 Å². The van der Waals surface area contributed by atoms with Crippen LogP contribution >= 0.6 is 15.9 Å². The van der Waals surface area contributed by atoms with E-state index in [2.05, 4.69) is 45.1 Å². The van der Waals surface area contributed by atoms with Crippen molar-refractivity contribution < 1.29 is 19.4 Å². The molecule has 6 nitrogen and oxygen atoms in total. The van der Waals surface area contributed by atoms with Crippen molar-refractivity contribution in [1.29, 1.82) is 0 Å². The number of carbonyl (C=O) groups is 1. The zero-order chi connectivity index (χ0) is 21.1. The summed E-state index contributed by atoms with van der Waals surface area (Å²) in [6, 6.07) is 11.3. The number of hydrogen-bond donors (Lipinski definition) is 1. The first-order chi connectivity index (χ1) is 13.9. The number of halogens is 1. The Balaban J connectivity index is 2.14. The van der Waals surface area contributed by atoms with Crippen LogP contribution in [0.2, 0.25) is 0 Å². The van der Waals surface area contributed by atoms with Gasteiger partial charge in [0.1, 0.15) is 6.04 Å². The summed E-state index contributed by atoms with van der Waals surface area (Å²) < 4.78 is 11.8. The lowest BCUT2D eigenvalue weighted by atomic mass is 9.95. The molecule has 0 aromatic heterocycles. The van der Waals surface area contributed by atoms with Crippen LogP contribution in [0, 0.1) is 0 Å². The van der Waals surface area contributed by atoms with Gasteiger partial charge in [0.2, 0.25) is 0 Å². The highest BCUT2D eigenvalue weighted by molar-refractivity contribution is 9.10. The van der Waals surface area contributed by atoms with Gasteiger partial charge in [-0.25, -0.2) is 0 Å². The van der Waals surface area contributed by atoms with Gasteiger partial charge in [-0.05, 0) is 48.2 Å². The second-order valence-corrected chi connectivity index (χ2v) is 8.21. The number of nitrogens with zero attached hydrogens (tertiary/aromatic N) is 2. The Morgan fingerprint density at radius 1 is 1.17 bits per heavy atom. The van der Waals surface area contributed by atoms with Crippen molar-refractivity contribution in [1.82, 2.24) is 4.90 Å². The smallest absolute Gasteiger partial charge is 0.320 e. The summed E-state index contributed by atoms with van der Waals surface area (Å²) in [5.74, 6) is 0.460. The lowest BCUT2D eigenvalue weighted by Gasteiger charge is -2.33. The van der Waals surface area contributed by atoms with Crippen molar-refractivity contribution in [2.75, 3.05) is 39.8 Å². The third-order valence-electron chi connectivity index (χ3n) is 5.43. The van der Waals surface area contributed by atoms with Crippen LogP contribution in [0.25, 0.3) is 0 Å². The van der Waals surface area contributed by atoms with Gasteiger partial charge < -0.3 is 19.5 Å². The van der Waals surface area contributed by atoms with Gasteiger partial charge in [-0.3, -0.25) is 9.69 Å². The van der Waals surface area contributed by atoms with E-state index >= 15 is 0 Å². The van der Waals surface area contributed by atoms with E-state index in [4.69, 9.17) is 9.47 Å². The minimum atomic E-state index is -0.783. The minimum absolute atomic E-state index is 0.219. The molecule has 1 saturated heterocycles. The molecule has 0 bridgehead atoms. The summed E-state index contributed by atoms with van der Waals surface area (Å²) in [5.41, 5.74) is 3.08. The van der Waals surface area contributed by atoms with Gasteiger partial charge in [-0.1, -0.05) is 28.1 Å². The van der Waals surface area contributed by atoms with E-state index in [1.807, 2.05) is 31.1 Å². The number of hydrogen-bond acceptors (Lipinski definition) is 5. The van der Waals surface area contributed by atoms with E-state index in [0.717, 1.165) is 34.3 Å². The quantitative estimate of drug-likeness (QED) is 0.665. The van der Waals surface area contributed by atoms with Gasteiger partial charge in [-0.15, -0.1) is 0 Å². The van der Waals surface area contributed by atoms with Crippen LogP contribution in [0.1, 0.15) is 30.0 Å². The van der Waals surface area contributed by atoms with Gasteiger partial charge in [0, 0.05) is 30.8 Å². The maximum atomic E-state index is 11.9. The van der Waals surface area contributed by atoms with E-state index in [0.29, 0.717) is 17.9 Å². The fourth-order valence-corrected chi connectivity index (χ4v) is 4.49. The summed E-state index contributed by atoms with van der Waals surface area (Å²) in [7, 11) is 7.20. The predicted octanol–water partition coefficient (Wildman–Crippen LogP) is 4.17. The second-order valence-electron chi connectivity index (χ2n) is 7.35. The maximum absolute atomic E-state index is 11.9. The molecule has 29 heavy (non-hydrogen) atoms. The third-order valence-corrected chi connectivity index (χ3v) is 6.12. The molecular weight excluding hydrogens is 436 g/mol. The monoisotopic (exact) mass is 462 g/mol. The van der Waals surface area contributed by atoms with Crippen LogP contribution in [-0.4, -0.2) is 56.9 Å². The van der Waals surface area contributed by atoms with Crippen molar-refractivity contribution in [3.05, 3.63) is 52.0 Å². The number of methoxy groups -OCH3 is 2. The number of benzene rings is 2. The minimum Gasteiger partial charge on any atom is -0.493 e. The molecule has 2 aromatic carbocycles. The van der Waals surface area contributed by atoms with Gasteiger partial charge in [-0.2, -0.15) is 0 Å². The Labute approximate surface area is 180 Å². The molecule has 2 atom stereocenters. The van der Waals surface area contributed by atoms with Crippen LogP contribution in [0.3, 0.4) is 0 Å². The van der Waals surface area contributed by atoms with Crippen molar-refractivity contribution >= 4 is 27.6 Å².